The molecule has 0 aliphatic carbocycles. The van der Waals surface area contributed by atoms with Gasteiger partial charge in [-0.25, -0.2) is 4.39 Å². The van der Waals surface area contributed by atoms with Crippen LogP contribution in [0.1, 0.15) is 18.5 Å². The van der Waals surface area contributed by atoms with E-state index >= 15 is 0 Å². The molecule has 0 radical (unpaired) electrons. The molecule has 1 aromatic rings. The Bertz CT molecular complexity index is 336. The summed E-state index contributed by atoms with van der Waals surface area (Å²) in [6.07, 6.45) is 0. The van der Waals surface area contributed by atoms with Crippen LogP contribution in [0.25, 0.3) is 0 Å². The molecule has 0 aromatic heterocycles. The van der Waals surface area contributed by atoms with Crippen molar-refractivity contribution in [2.75, 3.05) is 0 Å². The molecule has 70 valence electrons. The molecule has 0 amide bonds. The van der Waals surface area contributed by atoms with Gasteiger partial charge in [-0.05, 0) is 25.1 Å². The van der Waals surface area contributed by atoms with Crippen molar-refractivity contribution in [2.45, 2.75) is 13.0 Å². The van der Waals surface area contributed by atoms with Crippen LogP contribution in [-0.4, -0.2) is 0 Å². The molecule has 13 heavy (non-hydrogen) atoms. The van der Waals surface area contributed by atoms with Crippen LogP contribution in [0.5, 0.6) is 0 Å². The summed E-state index contributed by atoms with van der Waals surface area (Å²) in [5, 5.41) is 0.480. The summed E-state index contributed by atoms with van der Waals surface area (Å²) in [7, 11) is 0. The smallest absolute Gasteiger partial charge is 0.128 e. The summed E-state index contributed by atoms with van der Waals surface area (Å²) in [5.74, 6) is -0.347. The lowest BCUT2D eigenvalue weighted by molar-refractivity contribution is 0.598. The predicted molar refractivity (Wildman–Crippen MR) is 53.2 cm³/mol. The molecule has 1 nitrogen and oxygen atoms in total. The summed E-state index contributed by atoms with van der Waals surface area (Å²) in [5.41, 5.74) is 6.81. The van der Waals surface area contributed by atoms with Crippen LogP contribution in [0.15, 0.2) is 30.4 Å². The topological polar surface area (TPSA) is 26.0 Å². The quantitative estimate of drug-likeness (QED) is 0.728. The summed E-state index contributed by atoms with van der Waals surface area (Å²) in [6.45, 7) is 5.42. The van der Waals surface area contributed by atoms with Gasteiger partial charge in [0.05, 0.1) is 6.04 Å². The number of nitrogens with two attached hydrogens (primary N) is 1. The van der Waals surface area contributed by atoms with E-state index in [-0.39, 0.29) is 5.82 Å². The zero-order valence-electron chi connectivity index (χ0n) is 7.35. The Balaban J connectivity index is 3.12. The Kier molecular flexibility index (Phi) is 3.07. The van der Waals surface area contributed by atoms with Gasteiger partial charge in [0.1, 0.15) is 5.82 Å². The Morgan fingerprint density at radius 2 is 2.23 bits per heavy atom. The molecule has 3 heteroatoms. The third-order valence-corrected chi connectivity index (χ3v) is 2.06. The minimum Gasteiger partial charge on any atom is -0.320 e. The van der Waals surface area contributed by atoms with Gasteiger partial charge in [0.2, 0.25) is 0 Å². The van der Waals surface area contributed by atoms with Crippen LogP contribution in [0, 0.1) is 5.82 Å². The molecule has 0 bridgehead atoms. The first-order valence-electron chi connectivity index (χ1n) is 3.88. The van der Waals surface area contributed by atoms with Gasteiger partial charge in [-0.3, -0.25) is 0 Å². The number of halogens is 2. The lowest BCUT2D eigenvalue weighted by Gasteiger charge is -2.12. The fourth-order valence-corrected chi connectivity index (χ4v) is 1.20. The van der Waals surface area contributed by atoms with Crippen molar-refractivity contribution in [1.82, 2.24) is 0 Å². The number of hydrogen-bond acceptors (Lipinski definition) is 1. The van der Waals surface area contributed by atoms with Crippen LogP contribution in [0.3, 0.4) is 0 Å². The van der Waals surface area contributed by atoms with Gasteiger partial charge in [0.15, 0.2) is 0 Å². The lowest BCUT2D eigenvalue weighted by Crippen LogP contribution is -2.12. The Hall–Kier alpha value is -0.860. The minimum absolute atomic E-state index is 0.347. The fraction of sp³-hybridized carbons (Fsp3) is 0.200. The lowest BCUT2D eigenvalue weighted by atomic mass is 10.0. The molecule has 0 heterocycles. The normalized spacial score (nSPS) is 12.6. The zero-order valence-corrected chi connectivity index (χ0v) is 8.11. The van der Waals surface area contributed by atoms with Gasteiger partial charge in [-0.15, -0.1) is 0 Å². The van der Waals surface area contributed by atoms with Crippen molar-refractivity contribution in [3.63, 3.8) is 0 Å². The SMILES string of the molecule is C=C(C)C(N)c1cc(Cl)ccc1F. The highest BCUT2D eigenvalue weighted by molar-refractivity contribution is 6.30. The molecule has 2 N–H and O–H groups in total. The molecular weight excluding hydrogens is 189 g/mol. The molecule has 1 rings (SSSR count). The maximum absolute atomic E-state index is 13.2. The highest BCUT2D eigenvalue weighted by Crippen LogP contribution is 2.23. The summed E-state index contributed by atoms with van der Waals surface area (Å²) in [6, 6.07) is 3.83. The molecule has 1 aromatic carbocycles. The predicted octanol–water partition coefficient (Wildman–Crippen LogP) is 3.06. The molecule has 0 spiro atoms. The van der Waals surface area contributed by atoms with Crippen molar-refractivity contribution in [1.29, 1.82) is 0 Å². The molecule has 0 aliphatic rings. The largest absolute Gasteiger partial charge is 0.320 e. The molecule has 0 fully saturated rings. The Morgan fingerprint density at radius 3 is 2.77 bits per heavy atom. The van der Waals surface area contributed by atoms with E-state index in [0.717, 1.165) is 0 Å². The van der Waals surface area contributed by atoms with Crippen molar-refractivity contribution < 1.29 is 4.39 Å². The number of benzene rings is 1. The highest BCUT2D eigenvalue weighted by atomic mass is 35.5. The summed E-state index contributed by atoms with van der Waals surface area (Å²) in [4.78, 5) is 0. The second-order valence-corrected chi connectivity index (χ2v) is 3.43. The maximum Gasteiger partial charge on any atom is 0.128 e. The maximum atomic E-state index is 13.2. The third-order valence-electron chi connectivity index (χ3n) is 1.82. The van der Waals surface area contributed by atoms with Gasteiger partial charge in [0, 0.05) is 10.6 Å². The summed E-state index contributed by atoms with van der Waals surface area (Å²) >= 11 is 5.71. The van der Waals surface area contributed by atoms with Crippen LogP contribution in [0.2, 0.25) is 5.02 Å². The molecule has 1 unspecified atom stereocenters. The van der Waals surface area contributed by atoms with Crippen molar-refractivity contribution >= 4 is 11.6 Å². The van der Waals surface area contributed by atoms with E-state index in [4.69, 9.17) is 17.3 Å². The van der Waals surface area contributed by atoms with Crippen molar-refractivity contribution in [3.8, 4) is 0 Å². The second kappa shape index (κ2) is 3.90. The Morgan fingerprint density at radius 1 is 1.62 bits per heavy atom. The average molecular weight is 200 g/mol. The van der Waals surface area contributed by atoms with Gasteiger partial charge < -0.3 is 5.73 Å². The van der Waals surface area contributed by atoms with E-state index in [9.17, 15) is 4.39 Å². The van der Waals surface area contributed by atoms with Gasteiger partial charge >= 0.3 is 0 Å². The average Bonchev–Trinajstić information content (AvgIpc) is 2.08. The van der Waals surface area contributed by atoms with Crippen LogP contribution < -0.4 is 5.73 Å². The van der Waals surface area contributed by atoms with Crippen LogP contribution in [-0.2, 0) is 0 Å². The van der Waals surface area contributed by atoms with E-state index in [1.807, 2.05) is 0 Å². The number of hydrogen-bond donors (Lipinski definition) is 1. The fourth-order valence-electron chi connectivity index (χ4n) is 1.02. The van der Waals surface area contributed by atoms with Gasteiger partial charge in [-0.1, -0.05) is 23.8 Å². The molecule has 0 aliphatic heterocycles. The molecular formula is C10H11ClFN. The van der Waals surface area contributed by atoms with E-state index < -0.39 is 6.04 Å². The zero-order chi connectivity index (χ0) is 10.0. The van der Waals surface area contributed by atoms with Crippen LogP contribution in [0.4, 0.5) is 4.39 Å². The molecule has 0 saturated heterocycles. The monoisotopic (exact) mass is 199 g/mol. The van der Waals surface area contributed by atoms with Crippen LogP contribution >= 0.6 is 11.6 Å². The molecule has 1 atom stereocenters. The first kappa shape index (κ1) is 10.2. The van der Waals surface area contributed by atoms with E-state index in [2.05, 4.69) is 6.58 Å². The summed E-state index contributed by atoms with van der Waals surface area (Å²) < 4.78 is 13.2. The second-order valence-electron chi connectivity index (χ2n) is 2.99. The minimum atomic E-state index is -0.487. The van der Waals surface area contributed by atoms with Gasteiger partial charge in [-0.2, -0.15) is 0 Å². The van der Waals surface area contributed by atoms with E-state index in [0.29, 0.717) is 16.2 Å². The third kappa shape index (κ3) is 2.29. The number of rotatable bonds is 2. The molecule has 0 saturated carbocycles. The van der Waals surface area contributed by atoms with E-state index in [1.165, 1.54) is 18.2 Å². The Labute approximate surface area is 82.0 Å². The van der Waals surface area contributed by atoms with E-state index in [1.54, 1.807) is 6.92 Å². The standard InChI is InChI=1S/C10H11ClFN/c1-6(2)10(13)8-5-7(11)3-4-9(8)12/h3-5,10H,1,13H2,2H3. The van der Waals surface area contributed by atoms with Crippen molar-refractivity contribution in [3.05, 3.63) is 46.8 Å². The first-order chi connectivity index (χ1) is 6.02. The highest BCUT2D eigenvalue weighted by Gasteiger charge is 2.11. The van der Waals surface area contributed by atoms with Gasteiger partial charge in [0.25, 0.3) is 0 Å². The first-order valence-corrected chi connectivity index (χ1v) is 4.26. The van der Waals surface area contributed by atoms with Crippen molar-refractivity contribution in [2.24, 2.45) is 5.73 Å².